The molecule has 0 radical (unpaired) electrons. The van der Waals surface area contributed by atoms with E-state index in [9.17, 15) is 4.79 Å². The molecule has 4 aromatic rings. The van der Waals surface area contributed by atoms with Gasteiger partial charge in [-0.15, -0.1) is 11.3 Å². The van der Waals surface area contributed by atoms with E-state index in [4.69, 9.17) is 0 Å². The number of thiazole rings is 1. The van der Waals surface area contributed by atoms with E-state index in [0.717, 1.165) is 25.8 Å². The number of fused-ring (bicyclic) bond motifs is 1. The van der Waals surface area contributed by atoms with Gasteiger partial charge in [0.05, 0.1) is 27.7 Å². The molecule has 0 saturated carbocycles. The van der Waals surface area contributed by atoms with Crippen molar-refractivity contribution in [2.24, 2.45) is 0 Å². The number of carbonyl (C=O) groups excluding carboxylic acids is 1. The summed E-state index contributed by atoms with van der Waals surface area (Å²) >= 11 is 3.11. The smallest absolute Gasteiger partial charge is 0.233 e. The fraction of sp³-hybridized carbons (Fsp3) is 0.136. The van der Waals surface area contributed by atoms with Crippen molar-refractivity contribution in [2.75, 3.05) is 12.8 Å². The normalized spacial score (nSPS) is 12.0. The van der Waals surface area contributed by atoms with Crippen LogP contribution in [0.5, 0.6) is 0 Å². The molecule has 4 nitrogen and oxygen atoms in total. The van der Waals surface area contributed by atoms with Gasteiger partial charge in [-0.05, 0) is 29.8 Å². The molecule has 1 atom stereocenters. The molecule has 0 aliphatic carbocycles. The number of hydrogen-bond donors (Lipinski definition) is 0. The Hall–Kier alpha value is -2.70. The predicted molar refractivity (Wildman–Crippen MR) is 116 cm³/mol. The van der Waals surface area contributed by atoms with Crippen LogP contribution in [0.1, 0.15) is 17.3 Å². The molecular weight excluding hydrogens is 386 g/mol. The van der Waals surface area contributed by atoms with Crippen LogP contribution in [0.25, 0.3) is 10.2 Å². The maximum Gasteiger partial charge on any atom is 0.233 e. The maximum absolute atomic E-state index is 13.0. The van der Waals surface area contributed by atoms with E-state index in [1.807, 2.05) is 73.8 Å². The van der Waals surface area contributed by atoms with Crippen molar-refractivity contribution in [1.29, 1.82) is 0 Å². The van der Waals surface area contributed by atoms with Gasteiger partial charge in [0.2, 0.25) is 5.91 Å². The Labute approximate surface area is 172 Å². The zero-order valence-corrected chi connectivity index (χ0v) is 17.0. The summed E-state index contributed by atoms with van der Waals surface area (Å²) in [6.07, 6.45) is 1.76. The SMILES string of the molecule is CN(C(=O)CSc1nc2ccccc2s1)C(c1ccccc1)c1ccccn1. The van der Waals surface area contributed by atoms with Gasteiger partial charge in [0, 0.05) is 13.2 Å². The Morgan fingerprint density at radius 3 is 2.54 bits per heavy atom. The number of para-hydroxylation sites is 1. The quantitative estimate of drug-likeness (QED) is 0.422. The average molecular weight is 406 g/mol. The van der Waals surface area contributed by atoms with E-state index < -0.39 is 0 Å². The molecule has 0 spiro atoms. The second kappa shape index (κ2) is 8.54. The summed E-state index contributed by atoms with van der Waals surface area (Å²) in [6, 6.07) is 23.6. The summed E-state index contributed by atoms with van der Waals surface area (Å²) in [4.78, 5) is 23.8. The molecule has 0 saturated heterocycles. The highest BCUT2D eigenvalue weighted by molar-refractivity contribution is 8.01. The van der Waals surface area contributed by atoms with E-state index in [0.29, 0.717) is 5.75 Å². The number of pyridine rings is 1. The Balaban J connectivity index is 1.52. The van der Waals surface area contributed by atoms with Gasteiger partial charge < -0.3 is 4.90 Å². The number of benzene rings is 2. The number of thioether (sulfide) groups is 1. The number of nitrogens with zero attached hydrogens (tertiary/aromatic N) is 3. The molecule has 140 valence electrons. The van der Waals surface area contributed by atoms with Crippen molar-refractivity contribution < 1.29 is 4.79 Å². The number of hydrogen-bond acceptors (Lipinski definition) is 5. The minimum atomic E-state index is -0.217. The minimum absolute atomic E-state index is 0.0452. The fourth-order valence-corrected chi connectivity index (χ4v) is 5.04. The lowest BCUT2D eigenvalue weighted by Gasteiger charge is -2.28. The van der Waals surface area contributed by atoms with Gasteiger partial charge in [0.15, 0.2) is 4.34 Å². The number of amides is 1. The molecule has 6 heteroatoms. The average Bonchev–Trinajstić information content (AvgIpc) is 3.17. The zero-order chi connectivity index (χ0) is 19.3. The van der Waals surface area contributed by atoms with Crippen LogP contribution in [0.3, 0.4) is 0 Å². The highest BCUT2D eigenvalue weighted by Crippen LogP contribution is 2.31. The fourth-order valence-electron chi connectivity index (χ4n) is 3.05. The van der Waals surface area contributed by atoms with Crippen molar-refractivity contribution in [1.82, 2.24) is 14.9 Å². The third-order valence-corrected chi connectivity index (χ3v) is 6.62. The zero-order valence-electron chi connectivity index (χ0n) is 15.4. The molecule has 1 unspecified atom stereocenters. The maximum atomic E-state index is 13.0. The van der Waals surface area contributed by atoms with Crippen LogP contribution in [-0.4, -0.2) is 33.6 Å². The first-order chi connectivity index (χ1) is 13.7. The molecule has 0 N–H and O–H groups in total. The van der Waals surface area contributed by atoms with Crippen LogP contribution in [0.2, 0.25) is 0 Å². The van der Waals surface area contributed by atoms with Gasteiger partial charge in [-0.25, -0.2) is 4.98 Å². The molecule has 0 aliphatic rings. The van der Waals surface area contributed by atoms with Gasteiger partial charge in [-0.3, -0.25) is 9.78 Å². The van der Waals surface area contributed by atoms with Crippen molar-refractivity contribution in [3.8, 4) is 0 Å². The van der Waals surface area contributed by atoms with Crippen molar-refractivity contribution in [3.63, 3.8) is 0 Å². The molecule has 28 heavy (non-hydrogen) atoms. The van der Waals surface area contributed by atoms with E-state index in [2.05, 4.69) is 16.0 Å². The van der Waals surface area contributed by atoms with Gasteiger partial charge in [-0.1, -0.05) is 60.3 Å². The summed E-state index contributed by atoms with van der Waals surface area (Å²) in [5.41, 5.74) is 2.88. The van der Waals surface area contributed by atoms with Gasteiger partial charge in [0.25, 0.3) is 0 Å². The van der Waals surface area contributed by atoms with Crippen LogP contribution >= 0.6 is 23.1 Å². The number of carbonyl (C=O) groups is 1. The highest BCUT2D eigenvalue weighted by atomic mass is 32.2. The van der Waals surface area contributed by atoms with Crippen LogP contribution in [0.4, 0.5) is 0 Å². The Morgan fingerprint density at radius 2 is 1.79 bits per heavy atom. The second-order valence-corrected chi connectivity index (χ2v) is 8.56. The molecule has 1 amide bonds. The summed E-state index contributed by atoms with van der Waals surface area (Å²) in [6.45, 7) is 0. The van der Waals surface area contributed by atoms with Crippen LogP contribution in [0, 0.1) is 0 Å². The largest absolute Gasteiger partial charge is 0.332 e. The van der Waals surface area contributed by atoms with Gasteiger partial charge in [-0.2, -0.15) is 0 Å². The predicted octanol–water partition coefficient (Wildman–Crippen LogP) is 5.03. The lowest BCUT2D eigenvalue weighted by Crippen LogP contribution is -2.33. The molecule has 0 aliphatic heterocycles. The Kier molecular flexibility index (Phi) is 5.69. The lowest BCUT2D eigenvalue weighted by molar-refractivity contribution is -0.128. The standard InChI is InChI=1S/C22H19N3OS2/c1-25(20(26)15-27-22-24-17-11-5-6-13-19(17)28-22)21(16-9-3-2-4-10-16)18-12-7-8-14-23-18/h2-14,21H,15H2,1H3. The molecule has 0 bridgehead atoms. The van der Waals surface area contributed by atoms with Crippen LogP contribution in [0.15, 0.2) is 83.3 Å². The van der Waals surface area contributed by atoms with Gasteiger partial charge >= 0.3 is 0 Å². The van der Waals surface area contributed by atoms with E-state index in [-0.39, 0.29) is 11.9 Å². The lowest BCUT2D eigenvalue weighted by atomic mass is 10.0. The first-order valence-electron chi connectivity index (χ1n) is 8.92. The van der Waals surface area contributed by atoms with Crippen molar-refractivity contribution >= 4 is 39.2 Å². The highest BCUT2D eigenvalue weighted by Gasteiger charge is 2.24. The second-order valence-electron chi connectivity index (χ2n) is 6.31. The van der Waals surface area contributed by atoms with E-state index >= 15 is 0 Å². The third kappa shape index (κ3) is 4.08. The monoisotopic (exact) mass is 405 g/mol. The van der Waals surface area contributed by atoms with Crippen molar-refractivity contribution in [2.45, 2.75) is 10.4 Å². The van der Waals surface area contributed by atoms with Crippen LogP contribution < -0.4 is 0 Å². The van der Waals surface area contributed by atoms with Crippen LogP contribution in [-0.2, 0) is 4.79 Å². The molecule has 0 fully saturated rings. The van der Waals surface area contributed by atoms with Crippen molar-refractivity contribution in [3.05, 3.63) is 90.3 Å². The summed E-state index contributed by atoms with van der Waals surface area (Å²) in [5.74, 6) is 0.385. The number of rotatable bonds is 6. The summed E-state index contributed by atoms with van der Waals surface area (Å²) < 4.78 is 2.05. The van der Waals surface area contributed by atoms with Gasteiger partial charge in [0.1, 0.15) is 0 Å². The molecule has 2 aromatic heterocycles. The molecule has 2 heterocycles. The summed E-state index contributed by atoms with van der Waals surface area (Å²) in [7, 11) is 1.84. The topological polar surface area (TPSA) is 46.1 Å². The first-order valence-corrected chi connectivity index (χ1v) is 10.7. The first kappa shape index (κ1) is 18.7. The Bertz CT molecular complexity index is 994. The Morgan fingerprint density at radius 1 is 1.04 bits per heavy atom. The molecular formula is C22H19N3OS2. The third-order valence-electron chi connectivity index (χ3n) is 4.46. The molecule has 2 aromatic carbocycles. The minimum Gasteiger partial charge on any atom is -0.332 e. The number of aromatic nitrogens is 2. The van der Waals surface area contributed by atoms with E-state index in [1.54, 1.807) is 22.4 Å². The summed E-state index contributed by atoms with van der Waals surface area (Å²) in [5, 5.41) is 0. The van der Waals surface area contributed by atoms with E-state index in [1.165, 1.54) is 11.8 Å². The molecule has 4 rings (SSSR count).